The van der Waals surface area contributed by atoms with E-state index in [1.165, 1.54) is 62.4 Å². The van der Waals surface area contributed by atoms with Crippen molar-refractivity contribution in [1.29, 1.82) is 0 Å². The predicted octanol–water partition coefficient (Wildman–Crippen LogP) is 2.72. The summed E-state index contributed by atoms with van der Waals surface area (Å²) in [5.41, 5.74) is 0.408. The molecule has 0 atom stereocenters. The summed E-state index contributed by atoms with van der Waals surface area (Å²) >= 11 is 1.94. The molecule has 1 aliphatic heterocycles. The number of hydrogen-bond donors (Lipinski definition) is 1. The van der Waals surface area contributed by atoms with Crippen LogP contribution in [0.2, 0.25) is 0 Å². The average Bonchev–Trinajstić information content (AvgIpc) is 2.72. The minimum absolute atomic E-state index is 0.408. The fourth-order valence-corrected chi connectivity index (χ4v) is 4.05. The Kier molecular flexibility index (Phi) is 5.37. The lowest BCUT2D eigenvalue weighted by molar-refractivity contribution is 0.303. The summed E-state index contributed by atoms with van der Waals surface area (Å²) in [5, 5.41) is 4.92. The number of aliphatic imine (C=N–C) groups is 1. The van der Waals surface area contributed by atoms with Gasteiger partial charge in [-0.3, -0.25) is 4.99 Å². The molecule has 1 N–H and O–H groups in total. The summed E-state index contributed by atoms with van der Waals surface area (Å²) in [6, 6.07) is 0. The Hall–Kier alpha value is -0.220. The lowest BCUT2D eigenvalue weighted by atomic mass is 9.83. The lowest BCUT2D eigenvalue weighted by Crippen LogP contribution is -2.45. The van der Waals surface area contributed by atoms with Crippen LogP contribution < -0.4 is 5.32 Å². The zero-order chi connectivity index (χ0) is 12.8. The van der Waals surface area contributed by atoms with Gasteiger partial charge in [0.05, 0.1) is 0 Å². The molecule has 0 bridgehead atoms. The molecule has 1 heterocycles. The highest BCUT2D eigenvalue weighted by molar-refractivity contribution is 8.14. The van der Waals surface area contributed by atoms with E-state index in [0.29, 0.717) is 5.54 Å². The molecule has 1 aliphatic carbocycles. The van der Waals surface area contributed by atoms with Crippen molar-refractivity contribution in [2.24, 2.45) is 4.99 Å². The average molecular weight is 269 g/mol. The monoisotopic (exact) mass is 269 g/mol. The van der Waals surface area contributed by atoms with Crippen molar-refractivity contribution < 1.29 is 0 Å². The fourth-order valence-electron chi connectivity index (χ4n) is 2.81. The molecule has 0 aromatic carbocycles. The molecule has 4 heteroatoms. The summed E-state index contributed by atoms with van der Waals surface area (Å²) in [4.78, 5) is 6.96. The third-order valence-electron chi connectivity index (χ3n) is 3.94. The molecule has 2 rings (SSSR count). The van der Waals surface area contributed by atoms with Crippen LogP contribution in [0.4, 0.5) is 0 Å². The number of rotatable bonds is 5. The maximum absolute atomic E-state index is 4.72. The number of nitrogens with one attached hydrogen (secondary N) is 1. The van der Waals surface area contributed by atoms with E-state index in [2.05, 4.69) is 24.3 Å². The molecule has 1 saturated carbocycles. The maximum Gasteiger partial charge on any atom is 0.157 e. The number of thioether (sulfide) groups is 1. The van der Waals surface area contributed by atoms with Gasteiger partial charge in [0.25, 0.3) is 0 Å². The Bertz CT molecular complexity index is 283. The SMILES string of the molecule is CN(C)CCCCN=C1NC2(CCCCC2)CS1. The van der Waals surface area contributed by atoms with E-state index in [1.54, 1.807) is 0 Å². The second-order valence-electron chi connectivity index (χ2n) is 5.95. The number of amidine groups is 1. The van der Waals surface area contributed by atoms with Crippen molar-refractivity contribution in [2.75, 3.05) is 32.9 Å². The predicted molar refractivity (Wildman–Crippen MR) is 81.5 cm³/mol. The first kappa shape index (κ1) is 14.2. The van der Waals surface area contributed by atoms with Crippen molar-refractivity contribution >= 4 is 16.9 Å². The summed E-state index contributed by atoms with van der Waals surface area (Å²) < 4.78 is 0. The molecule has 0 radical (unpaired) electrons. The van der Waals surface area contributed by atoms with Gasteiger partial charge in [-0.2, -0.15) is 0 Å². The molecular weight excluding hydrogens is 242 g/mol. The van der Waals surface area contributed by atoms with Crippen molar-refractivity contribution in [3.63, 3.8) is 0 Å². The van der Waals surface area contributed by atoms with Crippen LogP contribution in [0.5, 0.6) is 0 Å². The van der Waals surface area contributed by atoms with E-state index in [4.69, 9.17) is 4.99 Å². The molecular formula is C14H27N3S. The van der Waals surface area contributed by atoms with Gasteiger partial charge < -0.3 is 10.2 Å². The highest BCUT2D eigenvalue weighted by atomic mass is 32.2. The van der Waals surface area contributed by atoms with Gasteiger partial charge in [0.1, 0.15) is 0 Å². The summed E-state index contributed by atoms with van der Waals surface area (Å²) in [5.74, 6) is 1.24. The lowest BCUT2D eigenvalue weighted by Gasteiger charge is -2.32. The molecule has 0 unspecified atom stereocenters. The van der Waals surface area contributed by atoms with Crippen molar-refractivity contribution in [1.82, 2.24) is 10.2 Å². The van der Waals surface area contributed by atoms with Crippen LogP contribution in [0.15, 0.2) is 4.99 Å². The first-order chi connectivity index (χ1) is 8.70. The molecule has 1 saturated heterocycles. The normalized spacial score (nSPS) is 24.9. The molecule has 0 amide bonds. The summed E-state index contributed by atoms with van der Waals surface area (Å²) in [6.07, 6.45) is 9.36. The van der Waals surface area contributed by atoms with Crippen LogP contribution >= 0.6 is 11.8 Å². The smallest absolute Gasteiger partial charge is 0.157 e. The Balaban J connectivity index is 1.68. The van der Waals surface area contributed by atoms with Gasteiger partial charge in [-0.1, -0.05) is 31.0 Å². The van der Waals surface area contributed by atoms with Crippen LogP contribution in [0.1, 0.15) is 44.9 Å². The molecule has 18 heavy (non-hydrogen) atoms. The molecule has 0 aromatic rings. The molecule has 1 spiro atoms. The van der Waals surface area contributed by atoms with Crippen molar-refractivity contribution in [3.05, 3.63) is 0 Å². The van der Waals surface area contributed by atoms with Crippen LogP contribution in [0, 0.1) is 0 Å². The van der Waals surface area contributed by atoms with Crippen LogP contribution in [0.25, 0.3) is 0 Å². The van der Waals surface area contributed by atoms with E-state index < -0.39 is 0 Å². The molecule has 0 aromatic heterocycles. The Morgan fingerprint density at radius 1 is 1.22 bits per heavy atom. The molecule has 104 valence electrons. The standard InChI is InChI=1S/C14H27N3S/c1-17(2)11-7-6-10-15-13-16-14(12-18-13)8-4-3-5-9-14/h3-12H2,1-2H3,(H,15,16). The number of unbranched alkanes of at least 4 members (excludes halogenated alkanes) is 1. The van der Waals surface area contributed by atoms with E-state index in [1.807, 2.05) is 11.8 Å². The van der Waals surface area contributed by atoms with Gasteiger partial charge in [0.2, 0.25) is 0 Å². The molecule has 3 nitrogen and oxygen atoms in total. The van der Waals surface area contributed by atoms with Crippen LogP contribution in [0.3, 0.4) is 0 Å². The van der Waals surface area contributed by atoms with Gasteiger partial charge in [-0.15, -0.1) is 0 Å². The zero-order valence-electron chi connectivity index (χ0n) is 11.9. The minimum atomic E-state index is 0.408. The Morgan fingerprint density at radius 2 is 2.00 bits per heavy atom. The third-order valence-corrected chi connectivity index (χ3v) is 5.14. The second kappa shape index (κ2) is 6.80. The number of nitrogens with zero attached hydrogens (tertiary/aromatic N) is 2. The van der Waals surface area contributed by atoms with Crippen LogP contribution in [-0.4, -0.2) is 48.5 Å². The van der Waals surface area contributed by atoms with Crippen molar-refractivity contribution in [2.45, 2.75) is 50.5 Å². The largest absolute Gasteiger partial charge is 0.359 e. The first-order valence-corrected chi connectivity index (χ1v) is 8.29. The highest BCUT2D eigenvalue weighted by Gasteiger charge is 2.37. The Labute approximate surface area is 116 Å². The third kappa shape index (κ3) is 4.16. The van der Waals surface area contributed by atoms with Gasteiger partial charge in [-0.25, -0.2) is 0 Å². The van der Waals surface area contributed by atoms with Gasteiger partial charge >= 0.3 is 0 Å². The maximum atomic E-state index is 4.72. The quantitative estimate of drug-likeness (QED) is 0.778. The Morgan fingerprint density at radius 3 is 2.72 bits per heavy atom. The van der Waals surface area contributed by atoms with Gasteiger partial charge in [-0.05, 0) is 46.3 Å². The van der Waals surface area contributed by atoms with E-state index in [-0.39, 0.29) is 0 Å². The summed E-state index contributed by atoms with van der Waals surface area (Å²) in [6.45, 7) is 2.16. The summed E-state index contributed by atoms with van der Waals surface area (Å²) in [7, 11) is 4.26. The van der Waals surface area contributed by atoms with Gasteiger partial charge in [0.15, 0.2) is 5.17 Å². The van der Waals surface area contributed by atoms with E-state index in [9.17, 15) is 0 Å². The second-order valence-corrected chi connectivity index (χ2v) is 6.92. The number of hydrogen-bond acceptors (Lipinski definition) is 3. The fraction of sp³-hybridized carbons (Fsp3) is 0.929. The van der Waals surface area contributed by atoms with E-state index >= 15 is 0 Å². The first-order valence-electron chi connectivity index (χ1n) is 7.30. The van der Waals surface area contributed by atoms with Crippen LogP contribution in [-0.2, 0) is 0 Å². The molecule has 2 aliphatic rings. The van der Waals surface area contributed by atoms with Gasteiger partial charge in [0, 0.05) is 17.8 Å². The zero-order valence-corrected chi connectivity index (χ0v) is 12.7. The van der Waals surface area contributed by atoms with E-state index in [0.717, 1.165) is 6.54 Å². The topological polar surface area (TPSA) is 27.6 Å². The minimum Gasteiger partial charge on any atom is -0.359 e. The highest BCUT2D eigenvalue weighted by Crippen LogP contribution is 2.36. The van der Waals surface area contributed by atoms with Crippen molar-refractivity contribution in [3.8, 4) is 0 Å². The molecule has 2 fully saturated rings.